The molecule has 80 valence electrons. The minimum atomic E-state index is 0.280. The second-order valence-corrected chi connectivity index (χ2v) is 5.02. The molecular weight excluding hydrogens is 184 g/mol. The lowest BCUT2D eigenvalue weighted by Gasteiger charge is -2.53. The van der Waals surface area contributed by atoms with Crippen molar-refractivity contribution in [3.8, 4) is 0 Å². The van der Waals surface area contributed by atoms with Crippen molar-refractivity contribution in [3.05, 3.63) is 35.4 Å². The number of nitrogens with two attached hydrogens (primary N) is 1. The minimum Gasteiger partial charge on any atom is -0.323 e. The average Bonchev–Trinajstić information content (AvgIpc) is 2.30. The van der Waals surface area contributed by atoms with Gasteiger partial charge in [0.05, 0.1) is 0 Å². The van der Waals surface area contributed by atoms with E-state index < -0.39 is 0 Å². The molecule has 1 aromatic carbocycles. The van der Waals surface area contributed by atoms with Gasteiger partial charge in [-0.3, -0.25) is 0 Å². The Morgan fingerprint density at radius 1 is 1.27 bits per heavy atom. The monoisotopic (exact) mass is 202 g/mol. The summed E-state index contributed by atoms with van der Waals surface area (Å²) in [5.41, 5.74) is 9.53. The van der Waals surface area contributed by atoms with Crippen molar-refractivity contribution >= 4 is 0 Å². The van der Waals surface area contributed by atoms with Gasteiger partial charge in [0, 0.05) is 11.5 Å². The van der Waals surface area contributed by atoms with Gasteiger partial charge in [0.15, 0.2) is 0 Å². The van der Waals surface area contributed by atoms with E-state index in [-0.39, 0.29) is 6.04 Å². The van der Waals surface area contributed by atoms with E-state index in [0.717, 1.165) is 0 Å². The topological polar surface area (TPSA) is 29.3 Å². The number of rotatable bonds is 0. The maximum Gasteiger partial charge on any atom is 0.0397 e. The molecule has 0 aromatic heterocycles. The van der Waals surface area contributed by atoms with Crippen LogP contribution in [0.25, 0.3) is 0 Å². The Morgan fingerprint density at radius 2 is 1.93 bits per heavy atom. The lowest BCUT2D eigenvalue weighted by Crippen LogP contribution is -2.53. The molecule has 2 nitrogen and oxygen atoms in total. The van der Waals surface area contributed by atoms with Crippen LogP contribution in [0.4, 0.5) is 0 Å². The molecule has 1 fully saturated rings. The highest BCUT2D eigenvalue weighted by atomic mass is 15.1. The van der Waals surface area contributed by atoms with Gasteiger partial charge < -0.3 is 10.6 Å². The van der Waals surface area contributed by atoms with E-state index in [9.17, 15) is 0 Å². The van der Waals surface area contributed by atoms with Crippen molar-refractivity contribution in [2.24, 2.45) is 5.73 Å². The molecule has 2 heteroatoms. The van der Waals surface area contributed by atoms with Crippen LogP contribution >= 0.6 is 0 Å². The van der Waals surface area contributed by atoms with Gasteiger partial charge >= 0.3 is 0 Å². The standard InChI is InChI=1S/C13H18N2/c1-15-8-6-13(7-9-15)11-5-3-2-4-10(11)12(13)14/h2-5,12H,6-9,14H2,1H3/t12-/m1/s1. The SMILES string of the molecule is CN1CCC2(CC1)c1ccccc1[C@H]2N. The molecule has 0 radical (unpaired) electrons. The Kier molecular flexibility index (Phi) is 1.91. The maximum atomic E-state index is 6.33. The summed E-state index contributed by atoms with van der Waals surface area (Å²) in [4.78, 5) is 2.40. The van der Waals surface area contributed by atoms with E-state index in [0.29, 0.717) is 5.41 Å². The zero-order valence-corrected chi connectivity index (χ0v) is 9.24. The van der Waals surface area contributed by atoms with Gasteiger partial charge in [0.25, 0.3) is 0 Å². The molecule has 2 aliphatic rings. The summed E-state index contributed by atoms with van der Waals surface area (Å²) >= 11 is 0. The molecule has 1 aliphatic carbocycles. The Balaban J connectivity index is 1.96. The number of likely N-dealkylation sites (tertiary alicyclic amines) is 1. The van der Waals surface area contributed by atoms with Crippen LogP contribution in [-0.4, -0.2) is 25.0 Å². The molecule has 3 rings (SSSR count). The fourth-order valence-corrected chi connectivity index (χ4v) is 3.21. The Morgan fingerprint density at radius 3 is 2.67 bits per heavy atom. The third kappa shape index (κ3) is 1.12. The summed E-state index contributed by atoms with van der Waals surface area (Å²) in [5, 5.41) is 0. The number of piperidine rings is 1. The molecule has 1 heterocycles. The fraction of sp³-hybridized carbons (Fsp3) is 0.538. The number of fused-ring (bicyclic) bond motifs is 2. The summed E-state index contributed by atoms with van der Waals surface area (Å²) in [6, 6.07) is 8.97. The molecule has 1 spiro atoms. The van der Waals surface area contributed by atoms with Crippen LogP contribution in [0, 0.1) is 0 Å². The number of benzene rings is 1. The van der Waals surface area contributed by atoms with Crippen LogP contribution in [0.3, 0.4) is 0 Å². The molecule has 0 bridgehead atoms. The third-order valence-electron chi connectivity index (χ3n) is 4.31. The number of hydrogen-bond donors (Lipinski definition) is 1. The molecule has 1 atom stereocenters. The van der Waals surface area contributed by atoms with Crippen molar-refractivity contribution in [2.45, 2.75) is 24.3 Å². The van der Waals surface area contributed by atoms with Crippen LogP contribution in [0.15, 0.2) is 24.3 Å². The van der Waals surface area contributed by atoms with Gasteiger partial charge in [-0.05, 0) is 44.1 Å². The first-order chi connectivity index (χ1) is 7.24. The summed E-state index contributed by atoms with van der Waals surface area (Å²) < 4.78 is 0. The van der Waals surface area contributed by atoms with Gasteiger partial charge in [0.2, 0.25) is 0 Å². The second-order valence-electron chi connectivity index (χ2n) is 5.02. The highest BCUT2D eigenvalue weighted by molar-refractivity contribution is 5.49. The van der Waals surface area contributed by atoms with Crippen LogP contribution in [0.2, 0.25) is 0 Å². The lowest BCUT2D eigenvalue weighted by atomic mass is 9.56. The van der Waals surface area contributed by atoms with Crippen LogP contribution < -0.4 is 5.73 Å². The Bertz CT molecular complexity index is 378. The predicted octanol–water partition coefficient (Wildman–Crippen LogP) is 1.66. The average molecular weight is 202 g/mol. The van der Waals surface area contributed by atoms with E-state index in [4.69, 9.17) is 5.73 Å². The predicted molar refractivity (Wildman–Crippen MR) is 61.8 cm³/mol. The zero-order chi connectivity index (χ0) is 10.5. The molecule has 0 amide bonds. The van der Waals surface area contributed by atoms with E-state index >= 15 is 0 Å². The van der Waals surface area contributed by atoms with E-state index in [1.54, 1.807) is 0 Å². The quantitative estimate of drug-likeness (QED) is 0.693. The Hall–Kier alpha value is -0.860. The highest BCUT2D eigenvalue weighted by Crippen LogP contribution is 2.54. The number of nitrogens with zero attached hydrogens (tertiary/aromatic N) is 1. The van der Waals surface area contributed by atoms with E-state index in [1.807, 2.05) is 0 Å². The van der Waals surface area contributed by atoms with Gasteiger partial charge in [-0.2, -0.15) is 0 Å². The Labute approximate surface area is 91.1 Å². The summed E-state index contributed by atoms with van der Waals surface area (Å²) in [5.74, 6) is 0. The van der Waals surface area contributed by atoms with Crippen LogP contribution in [-0.2, 0) is 5.41 Å². The second kappa shape index (κ2) is 3.06. The zero-order valence-electron chi connectivity index (χ0n) is 9.24. The number of hydrogen-bond acceptors (Lipinski definition) is 2. The van der Waals surface area contributed by atoms with Crippen molar-refractivity contribution in [1.29, 1.82) is 0 Å². The first kappa shape index (κ1) is 9.37. The van der Waals surface area contributed by atoms with Crippen molar-refractivity contribution in [2.75, 3.05) is 20.1 Å². The fourth-order valence-electron chi connectivity index (χ4n) is 3.21. The maximum absolute atomic E-state index is 6.33. The van der Waals surface area contributed by atoms with Crippen LogP contribution in [0.1, 0.15) is 30.0 Å². The first-order valence-electron chi connectivity index (χ1n) is 5.77. The molecule has 1 aliphatic heterocycles. The molecule has 15 heavy (non-hydrogen) atoms. The van der Waals surface area contributed by atoms with E-state index in [1.165, 1.54) is 37.1 Å². The molecular formula is C13H18N2. The van der Waals surface area contributed by atoms with Crippen LogP contribution in [0.5, 0.6) is 0 Å². The molecule has 0 unspecified atom stereocenters. The molecule has 0 saturated carbocycles. The van der Waals surface area contributed by atoms with Crippen molar-refractivity contribution in [3.63, 3.8) is 0 Å². The minimum absolute atomic E-state index is 0.280. The largest absolute Gasteiger partial charge is 0.323 e. The molecule has 1 aromatic rings. The van der Waals surface area contributed by atoms with Gasteiger partial charge in [-0.1, -0.05) is 24.3 Å². The highest BCUT2D eigenvalue weighted by Gasteiger charge is 2.50. The van der Waals surface area contributed by atoms with Gasteiger partial charge in [0.1, 0.15) is 0 Å². The van der Waals surface area contributed by atoms with Crippen molar-refractivity contribution in [1.82, 2.24) is 4.90 Å². The smallest absolute Gasteiger partial charge is 0.0397 e. The van der Waals surface area contributed by atoms with Gasteiger partial charge in [-0.25, -0.2) is 0 Å². The summed E-state index contributed by atoms with van der Waals surface area (Å²) in [6.07, 6.45) is 2.45. The lowest BCUT2D eigenvalue weighted by molar-refractivity contribution is 0.138. The summed E-state index contributed by atoms with van der Waals surface area (Å²) in [6.45, 7) is 2.37. The van der Waals surface area contributed by atoms with Crippen molar-refractivity contribution < 1.29 is 0 Å². The van der Waals surface area contributed by atoms with E-state index in [2.05, 4.69) is 36.2 Å². The van der Waals surface area contributed by atoms with Gasteiger partial charge in [-0.15, -0.1) is 0 Å². The first-order valence-corrected chi connectivity index (χ1v) is 5.77. The summed E-state index contributed by atoms with van der Waals surface area (Å²) in [7, 11) is 2.20. The normalized spacial score (nSPS) is 28.5. The third-order valence-corrected chi connectivity index (χ3v) is 4.31. The molecule has 2 N–H and O–H groups in total. The molecule has 1 saturated heterocycles.